The zero-order valence-electron chi connectivity index (χ0n) is 12.9. The highest BCUT2D eigenvalue weighted by Gasteiger charge is 2.16. The van der Waals surface area contributed by atoms with E-state index in [-0.39, 0.29) is 0 Å². The van der Waals surface area contributed by atoms with Gasteiger partial charge in [-0.05, 0) is 45.2 Å². The molecule has 0 radical (unpaired) electrons. The molecule has 0 saturated carbocycles. The van der Waals surface area contributed by atoms with E-state index in [1.54, 1.807) is 7.11 Å². The zero-order valence-corrected chi connectivity index (χ0v) is 12.9. The Morgan fingerprint density at radius 3 is 2.75 bits per heavy atom. The van der Waals surface area contributed by atoms with Crippen LogP contribution in [0.2, 0.25) is 0 Å². The number of methoxy groups -OCH3 is 1. The summed E-state index contributed by atoms with van der Waals surface area (Å²) in [6.45, 7) is 4.87. The van der Waals surface area contributed by atoms with Crippen molar-refractivity contribution in [2.45, 2.75) is 19.9 Å². The highest BCUT2D eigenvalue weighted by Crippen LogP contribution is 2.28. The van der Waals surface area contributed by atoms with Crippen LogP contribution in [-0.4, -0.2) is 30.2 Å². The van der Waals surface area contributed by atoms with Crippen LogP contribution < -0.4 is 4.74 Å². The fourth-order valence-corrected chi connectivity index (χ4v) is 2.44. The van der Waals surface area contributed by atoms with Gasteiger partial charge in [-0.2, -0.15) is 0 Å². The van der Waals surface area contributed by atoms with Crippen LogP contribution in [0.4, 0.5) is 0 Å². The van der Waals surface area contributed by atoms with Crippen LogP contribution in [0.25, 0.3) is 10.9 Å². The lowest BCUT2D eigenvalue weighted by molar-refractivity contribution is 0.285. The first-order chi connectivity index (χ1) is 9.58. The maximum atomic E-state index is 5.29. The monoisotopic (exact) mass is 270 g/mol. The smallest absolute Gasteiger partial charge is 0.119 e. The van der Waals surface area contributed by atoms with E-state index in [4.69, 9.17) is 4.74 Å². The summed E-state index contributed by atoms with van der Waals surface area (Å²) in [5, 5.41) is 1.21. The predicted molar refractivity (Wildman–Crippen MR) is 84.0 cm³/mol. The average molecular weight is 270 g/mol. The van der Waals surface area contributed by atoms with Crippen molar-refractivity contribution in [2.75, 3.05) is 20.7 Å². The maximum Gasteiger partial charge on any atom is 0.119 e. The van der Waals surface area contributed by atoms with Crippen LogP contribution in [0.5, 0.6) is 5.75 Å². The maximum absolute atomic E-state index is 5.29. The van der Waals surface area contributed by atoms with Crippen LogP contribution >= 0.6 is 0 Å². The summed E-state index contributed by atoms with van der Waals surface area (Å²) in [6.07, 6.45) is 0. The molecule has 1 unspecified atom stereocenters. The van der Waals surface area contributed by atoms with Gasteiger partial charge in [-0.25, -0.2) is 0 Å². The third-order valence-corrected chi connectivity index (χ3v) is 3.88. The predicted octanol–water partition coefficient (Wildman–Crippen LogP) is 3.20. The van der Waals surface area contributed by atoms with E-state index in [9.17, 15) is 0 Å². The van der Waals surface area contributed by atoms with Gasteiger partial charge in [0, 0.05) is 29.7 Å². The molecule has 0 N–H and O–H groups in total. The summed E-state index contributed by atoms with van der Waals surface area (Å²) < 4.78 is 7.54. The number of benzene rings is 1. The van der Waals surface area contributed by atoms with Crippen molar-refractivity contribution in [1.29, 1.82) is 0 Å². The Balaban J connectivity index is 2.38. The fraction of sp³-hybridized carbons (Fsp3) is 0.412. The first-order valence-electron chi connectivity index (χ1n) is 6.81. The molecule has 0 fully saturated rings. The Morgan fingerprint density at radius 1 is 1.35 bits per heavy atom. The van der Waals surface area contributed by atoms with Crippen LogP contribution in [0.15, 0.2) is 24.3 Å². The second-order valence-corrected chi connectivity index (χ2v) is 5.07. The Hall–Kier alpha value is -1.92. The number of hydrogen-bond donors (Lipinski definition) is 0. The SMILES string of the molecule is CC#CCN(C)C(C)c1cc2cc(OC)ccc2n1C. The number of nitrogens with zero attached hydrogens (tertiary/aromatic N) is 2. The van der Waals surface area contributed by atoms with Gasteiger partial charge in [0.05, 0.1) is 13.7 Å². The largest absolute Gasteiger partial charge is 0.497 e. The van der Waals surface area contributed by atoms with Crippen molar-refractivity contribution < 1.29 is 4.74 Å². The third-order valence-electron chi connectivity index (χ3n) is 3.88. The minimum atomic E-state index is 0.319. The van der Waals surface area contributed by atoms with Crippen LogP contribution in [-0.2, 0) is 7.05 Å². The molecule has 1 aromatic heterocycles. The molecule has 1 aromatic carbocycles. The third kappa shape index (κ3) is 2.66. The Labute approximate surface area is 121 Å². The minimum Gasteiger partial charge on any atom is -0.497 e. The van der Waals surface area contributed by atoms with E-state index in [1.165, 1.54) is 16.6 Å². The minimum absolute atomic E-state index is 0.319. The molecule has 2 rings (SSSR count). The van der Waals surface area contributed by atoms with E-state index in [0.29, 0.717) is 6.04 Å². The van der Waals surface area contributed by atoms with E-state index >= 15 is 0 Å². The number of aryl methyl sites for hydroxylation is 1. The standard InChI is InChI=1S/C17H22N2O/c1-6-7-10-18(3)13(2)17-12-14-11-15(20-5)8-9-16(14)19(17)4/h8-9,11-13H,10H2,1-5H3. The van der Waals surface area contributed by atoms with Crippen molar-refractivity contribution in [1.82, 2.24) is 9.47 Å². The highest BCUT2D eigenvalue weighted by molar-refractivity contribution is 5.83. The van der Waals surface area contributed by atoms with E-state index < -0.39 is 0 Å². The molecular weight excluding hydrogens is 248 g/mol. The number of ether oxygens (including phenoxy) is 1. The summed E-state index contributed by atoms with van der Waals surface area (Å²) in [7, 11) is 5.91. The second-order valence-electron chi connectivity index (χ2n) is 5.07. The molecule has 0 spiro atoms. The van der Waals surface area contributed by atoms with Gasteiger partial charge in [0.15, 0.2) is 0 Å². The first-order valence-corrected chi connectivity index (χ1v) is 6.81. The Morgan fingerprint density at radius 2 is 2.10 bits per heavy atom. The summed E-state index contributed by atoms with van der Waals surface area (Å²) in [4.78, 5) is 2.25. The van der Waals surface area contributed by atoms with Gasteiger partial charge in [-0.1, -0.05) is 5.92 Å². The Bertz CT molecular complexity index is 661. The molecule has 0 saturated heterocycles. The van der Waals surface area contributed by atoms with Gasteiger partial charge in [-0.3, -0.25) is 4.90 Å². The lowest BCUT2D eigenvalue weighted by atomic mass is 10.2. The number of fused-ring (bicyclic) bond motifs is 1. The molecule has 3 nitrogen and oxygen atoms in total. The molecule has 0 amide bonds. The van der Waals surface area contributed by atoms with Gasteiger partial charge in [0.25, 0.3) is 0 Å². The van der Waals surface area contributed by atoms with Crippen LogP contribution in [0.3, 0.4) is 0 Å². The summed E-state index contributed by atoms with van der Waals surface area (Å²) in [6, 6.07) is 8.74. The van der Waals surface area contributed by atoms with E-state index in [0.717, 1.165) is 12.3 Å². The van der Waals surface area contributed by atoms with Gasteiger partial charge >= 0.3 is 0 Å². The molecule has 0 aliphatic carbocycles. The van der Waals surface area contributed by atoms with Crippen LogP contribution in [0.1, 0.15) is 25.6 Å². The topological polar surface area (TPSA) is 17.4 Å². The lowest BCUT2D eigenvalue weighted by Crippen LogP contribution is -2.24. The quantitative estimate of drug-likeness (QED) is 0.794. The Kier molecular flexibility index (Phi) is 4.36. The molecule has 2 aromatic rings. The van der Waals surface area contributed by atoms with Crippen molar-refractivity contribution in [3.8, 4) is 17.6 Å². The summed E-state index contributed by atoms with van der Waals surface area (Å²) in [5.74, 6) is 6.96. The molecular formula is C17H22N2O. The molecule has 1 atom stereocenters. The average Bonchev–Trinajstić information content (AvgIpc) is 2.80. The van der Waals surface area contributed by atoms with Gasteiger partial charge < -0.3 is 9.30 Å². The van der Waals surface area contributed by atoms with Gasteiger partial charge in [-0.15, -0.1) is 5.92 Å². The molecule has 106 valence electrons. The number of rotatable bonds is 4. The molecule has 0 aliphatic heterocycles. The van der Waals surface area contributed by atoms with Crippen molar-refractivity contribution in [2.24, 2.45) is 7.05 Å². The molecule has 0 bridgehead atoms. The van der Waals surface area contributed by atoms with E-state index in [2.05, 4.69) is 60.5 Å². The van der Waals surface area contributed by atoms with Crippen molar-refractivity contribution in [3.63, 3.8) is 0 Å². The number of aromatic nitrogens is 1. The molecule has 0 aliphatic rings. The molecule has 3 heteroatoms. The van der Waals surface area contributed by atoms with Crippen molar-refractivity contribution in [3.05, 3.63) is 30.0 Å². The van der Waals surface area contributed by atoms with Gasteiger partial charge in [0.1, 0.15) is 5.75 Å². The number of hydrogen-bond acceptors (Lipinski definition) is 2. The first kappa shape index (κ1) is 14.5. The molecule has 1 heterocycles. The van der Waals surface area contributed by atoms with E-state index in [1.807, 2.05) is 13.0 Å². The summed E-state index contributed by atoms with van der Waals surface area (Å²) in [5.41, 5.74) is 2.51. The highest BCUT2D eigenvalue weighted by atomic mass is 16.5. The second kappa shape index (κ2) is 6.02. The normalized spacial score (nSPS) is 12.3. The fourth-order valence-electron chi connectivity index (χ4n) is 2.44. The zero-order chi connectivity index (χ0) is 14.7. The van der Waals surface area contributed by atoms with Crippen LogP contribution in [0, 0.1) is 11.8 Å². The lowest BCUT2D eigenvalue weighted by Gasteiger charge is -2.23. The molecule has 20 heavy (non-hydrogen) atoms. The van der Waals surface area contributed by atoms with Crippen molar-refractivity contribution >= 4 is 10.9 Å². The van der Waals surface area contributed by atoms with Gasteiger partial charge in [0.2, 0.25) is 0 Å². The summed E-state index contributed by atoms with van der Waals surface area (Å²) >= 11 is 0.